The third kappa shape index (κ3) is 3.37. The van der Waals surface area contributed by atoms with Crippen LogP contribution in [-0.4, -0.2) is 26.0 Å². The van der Waals surface area contributed by atoms with E-state index >= 15 is 0 Å². The second-order valence-corrected chi connectivity index (χ2v) is 16.7. The molecule has 5 heteroatoms. The highest BCUT2D eigenvalue weighted by Crippen LogP contribution is 2.69. The molecule has 4 rings (SSSR count). The summed E-state index contributed by atoms with van der Waals surface area (Å²) in [7, 11) is -1.81. The average Bonchev–Trinajstić information content (AvgIpc) is 2.93. The monoisotopic (exact) mass is 431 g/mol. The summed E-state index contributed by atoms with van der Waals surface area (Å²) in [5.41, 5.74) is -0.238. The van der Waals surface area contributed by atoms with Gasteiger partial charge in [-0.15, -0.1) is 0 Å². The first kappa shape index (κ1) is 22.3. The Morgan fingerprint density at radius 2 is 1.70 bits per heavy atom. The van der Waals surface area contributed by atoms with E-state index in [4.69, 9.17) is 9.16 Å². The first-order chi connectivity index (χ1) is 13.9. The Morgan fingerprint density at radius 1 is 1.00 bits per heavy atom. The molecule has 30 heavy (non-hydrogen) atoms. The van der Waals surface area contributed by atoms with Crippen molar-refractivity contribution in [2.75, 3.05) is 0 Å². The van der Waals surface area contributed by atoms with Crippen molar-refractivity contribution >= 4 is 14.3 Å². The van der Waals surface area contributed by atoms with Gasteiger partial charge in [-0.05, 0) is 107 Å². The van der Waals surface area contributed by atoms with Crippen molar-refractivity contribution in [3.05, 3.63) is 0 Å². The van der Waals surface area contributed by atoms with Crippen molar-refractivity contribution in [1.29, 1.82) is 5.26 Å². The fraction of sp³-hybridized carbons (Fsp3) is 0.920. The number of hydrogen-bond acceptors (Lipinski definition) is 4. The lowest BCUT2D eigenvalue weighted by Crippen LogP contribution is -2.58. The van der Waals surface area contributed by atoms with Crippen molar-refractivity contribution in [1.82, 2.24) is 0 Å². The minimum absolute atomic E-state index is 0.0126. The second kappa shape index (κ2) is 7.34. The van der Waals surface area contributed by atoms with E-state index < -0.39 is 13.9 Å². The summed E-state index contributed by atoms with van der Waals surface area (Å²) in [5.74, 6) is 2.61. The molecule has 0 aromatic carbocycles. The van der Waals surface area contributed by atoms with Crippen LogP contribution in [0, 0.1) is 45.8 Å². The van der Waals surface area contributed by atoms with Crippen LogP contribution in [0.5, 0.6) is 0 Å². The van der Waals surface area contributed by atoms with E-state index in [1.807, 2.05) is 0 Å². The van der Waals surface area contributed by atoms with Crippen LogP contribution in [-0.2, 0) is 14.0 Å². The summed E-state index contributed by atoms with van der Waals surface area (Å²) in [6.45, 7) is 13.1. The highest BCUT2D eigenvalue weighted by atomic mass is 28.4. The van der Waals surface area contributed by atoms with E-state index in [-0.39, 0.29) is 17.5 Å². The smallest absolute Gasteiger partial charge is 0.302 e. The first-order valence-electron chi connectivity index (χ1n) is 12.2. The predicted molar refractivity (Wildman–Crippen MR) is 120 cm³/mol. The number of carbonyl (C=O) groups is 1. The summed E-state index contributed by atoms with van der Waals surface area (Å²) in [6.07, 6.45) is 10.3. The molecular formula is C25H41NO3Si. The summed E-state index contributed by atoms with van der Waals surface area (Å²) in [6, 6.07) is 2.72. The summed E-state index contributed by atoms with van der Waals surface area (Å²) >= 11 is 0. The Labute approximate surface area is 184 Å². The quantitative estimate of drug-likeness (QED) is 0.402. The number of carbonyl (C=O) groups excluding carboxylic acids is 1. The van der Waals surface area contributed by atoms with E-state index in [2.05, 4.69) is 39.6 Å². The van der Waals surface area contributed by atoms with Crippen molar-refractivity contribution in [3.63, 3.8) is 0 Å². The molecule has 168 valence electrons. The SMILES string of the molecule is CC(=O)O[C@@H]1CC[C@@]2(C)[C@@H](CC[C@@H]3[C@@H]2CC[C@@]2(C)[C@H]3CC[C@@]2(C#N)O[Si](C)(C)C)C1. The molecule has 4 nitrogen and oxygen atoms in total. The van der Waals surface area contributed by atoms with Gasteiger partial charge >= 0.3 is 5.97 Å². The minimum Gasteiger partial charge on any atom is -0.463 e. The van der Waals surface area contributed by atoms with Crippen LogP contribution in [0.1, 0.15) is 78.6 Å². The van der Waals surface area contributed by atoms with Crippen LogP contribution in [0.4, 0.5) is 0 Å². The number of rotatable bonds is 3. The highest BCUT2D eigenvalue weighted by molar-refractivity contribution is 6.69. The lowest BCUT2D eigenvalue weighted by Gasteiger charge is -2.61. The molecule has 0 spiro atoms. The summed E-state index contributed by atoms with van der Waals surface area (Å²) in [4.78, 5) is 11.5. The van der Waals surface area contributed by atoms with E-state index in [0.29, 0.717) is 17.3 Å². The molecule has 4 saturated carbocycles. The van der Waals surface area contributed by atoms with Gasteiger partial charge in [0.25, 0.3) is 0 Å². The van der Waals surface area contributed by atoms with Gasteiger partial charge < -0.3 is 9.16 Å². The molecule has 0 heterocycles. The van der Waals surface area contributed by atoms with Crippen molar-refractivity contribution in [2.24, 2.45) is 34.5 Å². The average molecular weight is 432 g/mol. The Kier molecular flexibility index (Phi) is 5.46. The molecule has 0 N–H and O–H groups in total. The molecule has 0 bridgehead atoms. The first-order valence-corrected chi connectivity index (χ1v) is 15.6. The molecule has 4 aliphatic rings. The van der Waals surface area contributed by atoms with Crippen molar-refractivity contribution in [2.45, 2.75) is 110 Å². The molecule has 0 aliphatic heterocycles. The van der Waals surface area contributed by atoms with E-state index in [1.165, 1.54) is 32.6 Å². The standard InChI is InChI=1S/C25H41NO3Si/c1-17(27)28-19-9-12-23(2)18(15-19)7-8-20-21(23)10-13-24(3)22(20)11-14-25(24,16-26)29-30(4,5)6/h18-22H,7-15H2,1-6H3/t18-,19+,20+,21-,22-,23-,24-,25-/m0/s1. The Morgan fingerprint density at radius 3 is 2.33 bits per heavy atom. The molecule has 8 atom stereocenters. The molecule has 0 saturated heterocycles. The van der Waals surface area contributed by atoms with Gasteiger partial charge in [-0.3, -0.25) is 4.79 Å². The van der Waals surface area contributed by atoms with Crippen LogP contribution in [0.25, 0.3) is 0 Å². The Balaban J connectivity index is 1.57. The molecule has 0 amide bonds. The van der Waals surface area contributed by atoms with Gasteiger partial charge in [-0.1, -0.05) is 13.8 Å². The van der Waals surface area contributed by atoms with Crippen LogP contribution < -0.4 is 0 Å². The van der Waals surface area contributed by atoms with Gasteiger partial charge in [0.2, 0.25) is 0 Å². The van der Waals surface area contributed by atoms with Gasteiger partial charge in [0, 0.05) is 12.3 Å². The third-order valence-corrected chi connectivity index (χ3v) is 10.7. The van der Waals surface area contributed by atoms with Gasteiger partial charge in [0.15, 0.2) is 8.32 Å². The number of nitriles is 1. The molecule has 4 aliphatic carbocycles. The lowest BCUT2D eigenvalue weighted by molar-refractivity contribution is -0.163. The normalized spacial score (nSPS) is 48.1. The van der Waals surface area contributed by atoms with E-state index in [1.54, 1.807) is 0 Å². The zero-order chi connectivity index (χ0) is 21.9. The molecular weight excluding hydrogens is 390 g/mol. The number of ether oxygens (including phenoxy) is 1. The van der Waals surface area contributed by atoms with Crippen molar-refractivity contribution in [3.8, 4) is 6.07 Å². The van der Waals surface area contributed by atoms with Gasteiger partial charge in [0.05, 0.1) is 6.07 Å². The number of nitrogens with zero attached hydrogens (tertiary/aromatic N) is 1. The van der Waals surface area contributed by atoms with E-state index in [9.17, 15) is 10.1 Å². The van der Waals surface area contributed by atoms with Crippen LogP contribution >= 0.6 is 0 Å². The number of hydrogen-bond donors (Lipinski definition) is 0. The minimum atomic E-state index is -1.81. The Bertz CT molecular complexity index is 742. The maximum absolute atomic E-state index is 11.5. The molecule has 0 unspecified atom stereocenters. The largest absolute Gasteiger partial charge is 0.463 e. The van der Waals surface area contributed by atoms with Crippen molar-refractivity contribution < 1.29 is 14.0 Å². The summed E-state index contributed by atoms with van der Waals surface area (Å²) < 4.78 is 12.3. The van der Waals surface area contributed by atoms with E-state index in [0.717, 1.165) is 43.9 Å². The zero-order valence-electron chi connectivity index (χ0n) is 19.9. The lowest BCUT2D eigenvalue weighted by atomic mass is 9.44. The van der Waals surface area contributed by atoms with Gasteiger partial charge in [-0.2, -0.15) is 5.26 Å². The summed E-state index contributed by atoms with van der Waals surface area (Å²) in [5, 5.41) is 10.3. The van der Waals surface area contributed by atoms with Crippen LogP contribution in [0.3, 0.4) is 0 Å². The maximum Gasteiger partial charge on any atom is 0.302 e. The second-order valence-electron chi connectivity index (χ2n) is 12.3. The third-order valence-electron chi connectivity index (χ3n) is 9.73. The molecule has 0 radical (unpaired) electrons. The van der Waals surface area contributed by atoms with Crippen LogP contribution in [0.15, 0.2) is 0 Å². The molecule has 4 fully saturated rings. The fourth-order valence-electron chi connectivity index (χ4n) is 8.46. The maximum atomic E-state index is 11.5. The van der Waals surface area contributed by atoms with Gasteiger partial charge in [-0.25, -0.2) is 0 Å². The fourth-order valence-corrected chi connectivity index (χ4v) is 9.88. The van der Waals surface area contributed by atoms with Gasteiger partial charge in [0.1, 0.15) is 11.7 Å². The zero-order valence-corrected chi connectivity index (χ0v) is 20.9. The molecule has 0 aromatic heterocycles. The number of esters is 1. The highest BCUT2D eigenvalue weighted by Gasteiger charge is 2.66. The predicted octanol–water partition coefficient (Wildman–Crippen LogP) is 6.07. The molecule has 0 aromatic rings. The topological polar surface area (TPSA) is 59.3 Å². The van der Waals surface area contributed by atoms with Crippen LogP contribution in [0.2, 0.25) is 19.6 Å². The number of fused-ring (bicyclic) bond motifs is 5. The Hall–Kier alpha value is -0.863.